The largest absolute Gasteiger partial charge is 0.401 e. The number of amides is 1. The van der Waals surface area contributed by atoms with Gasteiger partial charge in [0.1, 0.15) is 0 Å². The van der Waals surface area contributed by atoms with Gasteiger partial charge >= 0.3 is 6.18 Å². The Morgan fingerprint density at radius 3 is 2.81 bits per heavy atom. The van der Waals surface area contributed by atoms with Crippen LogP contribution in [0.3, 0.4) is 0 Å². The maximum absolute atomic E-state index is 12.3. The second-order valence-electron chi connectivity index (χ2n) is 5.41. The number of aryl methyl sites for hydroxylation is 2. The summed E-state index contributed by atoms with van der Waals surface area (Å²) in [6.07, 6.45) is -2.12. The Morgan fingerprint density at radius 2 is 2.19 bits per heavy atom. The van der Waals surface area contributed by atoms with E-state index in [0.29, 0.717) is 24.3 Å². The molecular formula is C14H18F3N3O. The van der Waals surface area contributed by atoms with E-state index in [1.807, 2.05) is 6.92 Å². The van der Waals surface area contributed by atoms with Crippen LogP contribution >= 0.6 is 0 Å². The van der Waals surface area contributed by atoms with Crippen molar-refractivity contribution < 1.29 is 18.0 Å². The van der Waals surface area contributed by atoms with Crippen LogP contribution in [0.4, 0.5) is 18.9 Å². The van der Waals surface area contributed by atoms with Gasteiger partial charge in [-0.3, -0.25) is 14.7 Å². The Balaban J connectivity index is 1.96. The van der Waals surface area contributed by atoms with Crippen molar-refractivity contribution in [1.29, 1.82) is 0 Å². The summed E-state index contributed by atoms with van der Waals surface area (Å²) < 4.78 is 37.0. The summed E-state index contributed by atoms with van der Waals surface area (Å²) in [5.74, 6) is -0.648. The predicted octanol–water partition coefficient (Wildman–Crippen LogP) is 2.52. The van der Waals surface area contributed by atoms with Crippen LogP contribution in [0.15, 0.2) is 12.3 Å². The molecule has 21 heavy (non-hydrogen) atoms. The molecule has 1 aromatic rings. The number of nitrogens with zero attached hydrogens (tertiary/aromatic N) is 2. The minimum atomic E-state index is -4.22. The van der Waals surface area contributed by atoms with Gasteiger partial charge in [0.2, 0.25) is 5.91 Å². The predicted molar refractivity (Wildman–Crippen MR) is 72.9 cm³/mol. The lowest BCUT2D eigenvalue weighted by molar-refractivity contribution is -0.144. The van der Waals surface area contributed by atoms with Gasteiger partial charge in [0.05, 0.1) is 23.8 Å². The number of likely N-dealkylation sites (tertiary alicyclic amines) is 1. The zero-order valence-electron chi connectivity index (χ0n) is 12.0. The summed E-state index contributed by atoms with van der Waals surface area (Å²) in [6.45, 7) is 3.12. The highest BCUT2D eigenvalue weighted by molar-refractivity contribution is 5.94. The van der Waals surface area contributed by atoms with Gasteiger partial charge in [0, 0.05) is 12.7 Å². The van der Waals surface area contributed by atoms with Crippen molar-refractivity contribution in [2.24, 2.45) is 5.92 Å². The first-order chi connectivity index (χ1) is 9.76. The third-order valence-corrected chi connectivity index (χ3v) is 3.64. The molecule has 1 aliphatic rings. The average molecular weight is 301 g/mol. The third-order valence-electron chi connectivity index (χ3n) is 3.64. The van der Waals surface area contributed by atoms with E-state index < -0.39 is 18.6 Å². The molecule has 0 aliphatic carbocycles. The fourth-order valence-electron chi connectivity index (χ4n) is 2.55. The van der Waals surface area contributed by atoms with Gasteiger partial charge in [-0.05, 0) is 38.4 Å². The normalized spacial score (nSPS) is 19.8. The van der Waals surface area contributed by atoms with E-state index in [4.69, 9.17) is 0 Å². The van der Waals surface area contributed by atoms with Gasteiger partial charge in [-0.25, -0.2) is 0 Å². The van der Waals surface area contributed by atoms with Crippen LogP contribution in [0.25, 0.3) is 0 Å². The van der Waals surface area contributed by atoms with Crippen molar-refractivity contribution in [3.8, 4) is 0 Å². The maximum Gasteiger partial charge on any atom is 0.401 e. The molecule has 1 N–H and O–H groups in total. The standard InChI is InChI=1S/C14H18F3N3O/c1-9-3-5-18-10(2)12(9)19-13(21)11-4-6-20(7-11)8-14(15,16)17/h3,5,11H,4,6-8H2,1-2H3,(H,19,21). The van der Waals surface area contributed by atoms with Crippen molar-refractivity contribution in [1.82, 2.24) is 9.88 Å². The van der Waals surface area contributed by atoms with E-state index in [0.717, 1.165) is 5.56 Å². The number of carbonyl (C=O) groups is 1. The molecule has 1 amide bonds. The topological polar surface area (TPSA) is 45.2 Å². The number of hydrogen-bond acceptors (Lipinski definition) is 3. The zero-order valence-corrected chi connectivity index (χ0v) is 12.0. The number of nitrogens with one attached hydrogen (secondary N) is 1. The maximum atomic E-state index is 12.3. The highest BCUT2D eigenvalue weighted by Crippen LogP contribution is 2.25. The number of pyridine rings is 1. The second-order valence-corrected chi connectivity index (χ2v) is 5.41. The number of halogens is 3. The molecule has 0 aromatic carbocycles. The number of carbonyl (C=O) groups excluding carboxylic acids is 1. The van der Waals surface area contributed by atoms with Gasteiger partial charge in [0.25, 0.3) is 0 Å². The Hall–Kier alpha value is -1.63. The molecule has 1 aromatic heterocycles. The highest BCUT2D eigenvalue weighted by atomic mass is 19.4. The van der Waals surface area contributed by atoms with Gasteiger partial charge in [0.15, 0.2) is 0 Å². The van der Waals surface area contributed by atoms with Crippen LogP contribution in [-0.2, 0) is 4.79 Å². The fraction of sp³-hybridized carbons (Fsp3) is 0.571. The quantitative estimate of drug-likeness (QED) is 0.933. The van der Waals surface area contributed by atoms with Crippen LogP contribution in [0.2, 0.25) is 0 Å². The van der Waals surface area contributed by atoms with Gasteiger partial charge in [-0.1, -0.05) is 0 Å². The number of alkyl halides is 3. The summed E-state index contributed by atoms with van der Waals surface area (Å²) in [6, 6.07) is 1.78. The Labute approximate surface area is 121 Å². The first kappa shape index (κ1) is 15.8. The molecule has 0 saturated carbocycles. The smallest absolute Gasteiger partial charge is 0.324 e. The molecule has 0 spiro atoms. The van der Waals surface area contributed by atoms with Crippen molar-refractivity contribution in [2.45, 2.75) is 26.4 Å². The van der Waals surface area contributed by atoms with Gasteiger partial charge in [-0.15, -0.1) is 0 Å². The molecule has 0 bridgehead atoms. The van der Waals surface area contributed by atoms with E-state index in [9.17, 15) is 18.0 Å². The molecule has 1 aliphatic heterocycles. The van der Waals surface area contributed by atoms with Crippen molar-refractivity contribution >= 4 is 11.6 Å². The first-order valence-corrected chi connectivity index (χ1v) is 6.78. The molecule has 4 nitrogen and oxygen atoms in total. The number of anilines is 1. The molecular weight excluding hydrogens is 283 g/mol. The second kappa shape index (κ2) is 6.01. The molecule has 1 unspecified atom stereocenters. The van der Waals surface area contributed by atoms with Gasteiger partial charge in [-0.2, -0.15) is 13.2 Å². The highest BCUT2D eigenvalue weighted by Gasteiger charge is 2.36. The summed E-state index contributed by atoms with van der Waals surface area (Å²) in [7, 11) is 0. The molecule has 116 valence electrons. The average Bonchev–Trinajstić information content (AvgIpc) is 2.80. The van der Waals surface area contributed by atoms with Crippen LogP contribution in [0.5, 0.6) is 0 Å². The minimum absolute atomic E-state index is 0.143. The summed E-state index contributed by atoms with van der Waals surface area (Å²) in [5, 5.41) is 2.79. The van der Waals surface area contributed by atoms with Crippen LogP contribution < -0.4 is 5.32 Å². The van der Waals surface area contributed by atoms with Crippen molar-refractivity contribution in [2.75, 3.05) is 25.0 Å². The molecule has 1 saturated heterocycles. The number of hydrogen-bond donors (Lipinski definition) is 1. The SMILES string of the molecule is Cc1ccnc(C)c1NC(=O)C1CCN(CC(F)(F)F)C1. The van der Waals surface area contributed by atoms with Crippen LogP contribution in [0, 0.1) is 19.8 Å². The lowest BCUT2D eigenvalue weighted by atomic mass is 10.1. The number of rotatable bonds is 3. The van der Waals surface area contributed by atoms with Crippen molar-refractivity contribution in [3.05, 3.63) is 23.5 Å². The van der Waals surface area contributed by atoms with Crippen LogP contribution in [0.1, 0.15) is 17.7 Å². The molecule has 2 rings (SSSR count). The van der Waals surface area contributed by atoms with Crippen molar-refractivity contribution in [3.63, 3.8) is 0 Å². The summed E-state index contributed by atoms with van der Waals surface area (Å²) in [4.78, 5) is 17.6. The minimum Gasteiger partial charge on any atom is -0.324 e. The monoisotopic (exact) mass is 301 g/mol. The summed E-state index contributed by atoms with van der Waals surface area (Å²) in [5.41, 5.74) is 2.24. The lowest BCUT2D eigenvalue weighted by Crippen LogP contribution is -2.34. The molecule has 2 heterocycles. The van der Waals surface area contributed by atoms with E-state index in [1.165, 1.54) is 4.90 Å². The number of aromatic nitrogens is 1. The molecule has 0 radical (unpaired) electrons. The van der Waals surface area contributed by atoms with Gasteiger partial charge < -0.3 is 5.32 Å². The van der Waals surface area contributed by atoms with E-state index in [-0.39, 0.29) is 12.5 Å². The third kappa shape index (κ3) is 4.17. The Bertz CT molecular complexity index is 510. The summed E-state index contributed by atoms with van der Waals surface area (Å²) >= 11 is 0. The molecule has 1 atom stereocenters. The molecule has 7 heteroatoms. The van der Waals surface area contributed by atoms with E-state index >= 15 is 0 Å². The first-order valence-electron chi connectivity index (χ1n) is 6.78. The molecule has 1 fully saturated rings. The Kier molecular flexibility index (Phi) is 4.51. The van der Waals surface area contributed by atoms with Crippen LogP contribution in [-0.4, -0.2) is 41.6 Å². The Morgan fingerprint density at radius 1 is 1.48 bits per heavy atom. The lowest BCUT2D eigenvalue weighted by Gasteiger charge is -2.18. The van der Waals surface area contributed by atoms with E-state index in [1.54, 1.807) is 19.2 Å². The zero-order chi connectivity index (χ0) is 15.6. The van der Waals surface area contributed by atoms with E-state index in [2.05, 4.69) is 10.3 Å². The fourth-order valence-corrected chi connectivity index (χ4v) is 2.55.